The third-order valence-electron chi connectivity index (χ3n) is 2.94. The quantitative estimate of drug-likeness (QED) is 0.763. The molecule has 0 saturated carbocycles. The van der Waals surface area contributed by atoms with Crippen molar-refractivity contribution >= 4 is 23.4 Å². The molecule has 108 valence electrons. The summed E-state index contributed by atoms with van der Waals surface area (Å²) in [4.78, 5) is 8.78. The summed E-state index contributed by atoms with van der Waals surface area (Å²) >= 11 is 1.88. The van der Waals surface area contributed by atoms with Crippen LogP contribution in [0.25, 0.3) is 0 Å². The van der Waals surface area contributed by atoms with Crippen molar-refractivity contribution in [2.24, 2.45) is 0 Å². The van der Waals surface area contributed by atoms with Crippen LogP contribution in [0.3, 0.4) is 0 Å². The van der Waals surface area contributed by atoms with E-state index in [0.29, 0.717) is 12.0 Å². The molecule has 0 bridgehead atoms. The summed E-state index contributed by atoms with van der Waals surface area (Å²) < 4.78 is 0. The highest BCUT2D eigenvalue weighted by atomic mass is 32.2. The van der Waals surface area contributed by atoms with Gasteiger partial charge in [-0.2, -0.15) is 11.8 Å². The Bertz CT molecular complexity index is 382. The fourth-order valence-corrected chi connectivity index (χ4v) is 2.56. The molecule has 0 aliphatic carbocycles. The molecule has 4 nitrogen and oxygen atoms in total. The Labute approximate surface area is 121 Å². The van der Waals surface area contributed by atoms with Gasteiger partial charge in [0.25, 0.3) is 0 Å². The van der Waals surface area contributed by atoms with Gasteiger partial charge in [-0.15, -0.1) is 0 Å². The van der Waals surface area contributed by atoms with Crippen LogP contribution in [0.4, 0.5) is 11.6 Å². The van der Waals surface area contributed by atoms with Crippen LogP contribution in [-0.4, -0.2) is 34.6 Å². The minimum absolute atomic E-state index is 0.394. The summed E-state index contributed by atoms with van der Waals surface area (Å²) in [6, 6.07) is 0.425. The number of nitrogens with zero attached hydrogens (tertiary/aromatic N) is 2. The van der Waals surface area contributed by atoms with E-state index < -0.39 is 0 Å². The predicted octanol–water partition coefficient (Wildman–Crippen LogP) is 3.59. The molecule has 1 aromatic rings. The van der Waals surface area contributed by atoms with Crippen LogP contribution in [0.1, 0.15) is 45.6 Å². The lowest BCUT2D eigenvalue weighted by atomic mass is 10.0. The van der Waals surface area contributed by atoms with Gasteiger partial charge in [0, 0.05) is 18.2 Å². The summed E-state index contributed by atoms with van der Waals surface area (Å²) in [6.07, 6.45) is 4.91. The zero-order chi connectivity index (χ0) is 14.3. The number of hydrogen-bond acceptors (Lipinski definition) is 5. The highest BCUT2D eigenvalue weighted by molar-refractivity contribution is 7.98. The Balaban J connectivity index is 2.89. The van der Waals surface area contributed by atoms with E-state index in [2.05, 4.69) is 54.6 Å². The molecule has 1 heterocycles. The third kappa shape index (κ3) is 4.90. The fraction of sp³-hybridized carbons (Fsp3) is 0.714. The van der Waals surface area contributed by atoms with Crippen LogP contribution in [0.5, 0.6) is 0 Å². The van der Waals surface area contributed by atoms with Gasteiger partial charge in [0.05, 0.1) is 0 Å². The number of hydrogen-bond donors (Lipinski definition) is 2. The molecule has 0 aliphatic rings. The molecule has 0 spiro atoms. The van der Waals surface area contributed by atoms with Gasteiger partial charge in [0.1, 0.15) is 18.0 Å². The molecule has 1 atom stereocenters. The zero-order valence-electron chi connectivity index (χ0n) is 12.7. The Kier molecular flexibility index (Phi) is 6.99. The van der Waals surface area contributed by atoms with Gasteiger partial charge < -0.3 is 10.6 Å². The molecule has 5 heteroatoms. The number of thioether (sulfide) groups is 1. The highest BCUT2D eigenvalue weighted by Gasteiger charge is 2.15. The van der Waals surface area contributed by atoms with E-state index in [1.165, 1.54) is 5.56 Å². The second kappa shape index (κ2) is 8.25. The van der Waals surface area contributed by atoms with Crippen molar-refractivity contribution in [2.75, 3.05) is 29.2 Å². The maximum atomic E-state index is 4.42. The van der Waals surface area contributed by atoms with E-state index >= 15 is 0 Å². The molecule has 2 N–H and O–H groups in total. The maximum Gasteiger partial charge on any atom is 0.135 e. The van der Waals surface area contributed by atoms with Gasteiger partial charge in [-0.1, -0.05) is 13.8 Å². The molecule has 1 rings (SSSR count). The van der Waals surface area contributed by atoms with E-state index in [0.717, 1.165) is 30.4 Å². The molecular weight excluding hydrogens is 256 g/mol. The van der Waals surface area contributed by atoms with E-state index in [9.17, 15) is 0 Å². The summed E-state index contributed by atoms with van der Waals surface area (Å²) in [6.45, 7) is 9.52. The first-order valence-electron chi connectivity index (χ1n) is 6.94. The predicted molar refractivity (Wildman–Crippen MR) is 86.4 cm³/mol. The lowest BCUT2D eigenvalue weighted by Gasteiger charge is -2.20. The molecule has 0 aromatic carbocycles. The van der Waals surface area contributed by atoms with Crippen LogP contribution in [-0.2, 0) is 0 Å². The molecule has 1 aromatic heterocycles. The first-order valence-corrected chi connectivity index (χ1v) is 8.33. The van der Waals surface area contributed by atoms with E-state index in [1.807, 2.05) is 11.8 Å². The fourth-order valence-electron chi connectivity index (χ4n) is 1.97. The van der Waals surface area contributed by atoms with Crippen molar-refractivity contribution in [1.29, 1.82) is 0 Å². The lowest BCUT2D eigenvalue weighted by Crippen LogP contribution is -2.19. The first kappa shape index (κ1) is 16.1. The van der Waals surface area contributed by atoms with Crippen LogP contribution in [0.15, 0.2) is 6.33 Å². The standard InChI is InChI=1S/C14H26N4S/c1-6-15-13-12(10(2)3)14(17-9-16-13)18-11(4)7-8-19-5/h9-11H,6-8H2,1-5H3,(H2,15,16,17,18). The normalized spacial score (nSPS) is 12.5. The van der Waals surface area contributed by atoms with Crippen LogP contribution >= 0.6 is 11.8 Å². The number of rotatable bonds is 8. The maximum absolute atomic E-state index is 4.42. The van der Waals surface area contributed by atoms with Crippen molar-refractivity contribution < 1.29 is 0 Å². The Morgan fingerprint density at radius 3 is 2.47 bits per heavy atom. The smallest absolute Gasteiger partial charge is 0.135 e. The van der Waals surface area contributed by atoms with Gasteiger partial charge in [-0.05, 0) is 38.2 Å². The number of anilines is 2. The lowest BCUT2D eigenvalue weighted by molar-refractivity contribution is 0.755. The average Bonchev–Trinajstić information content (AvgIpc) is 2.36. The average molecular weight is 282 g/mol. The topological polar surface area (TPSA) is 49.8 Å². The number of aromatic nitrogens is 2. The molecule has 0 radical (unpaired) electrons. The zero-order valence-corrected chi connectivity index (χ0v) is 13.5. The molecular formula is C14H26N4S. The van der Waals surface area contributed by atoms with E-state index in [4.69, 9.17) is 0 Å². The molecule has 1 unspecified atom stereocenters. The van der Waals surface area contributed by atoms with Crippen LogP contribution < -0.4 is 10.6 Å². The SMILES string of the molecule is CCNc1ncnc(NC(C)CCSC)c1C(C)C. The summed E-state index contributed by atoms with van der Waals surface area (Å²) in [5.41, 5.74) is 1.18. The Morgan fingerprint density at radius 2 is 1.89 bits per heavy atom. The Morgan fingerprint density at radius 1 is 1.21 bits per heavy atom. The van der Waals surface area contributed by atoms with Crippen molar-refractivity contribution in [2.45, 2.75) is 46.1 Å². The second-order valence-electron chi connectivity index (χ2n) is 5.00. The van der Waals surface area contributed by atoms with Crippen molar-refractivity contribution in [1.82, 2.24) is 9.97 Å². The van der Waals surface area contributed by atoms with E-state index in [-0.39, 0.29) is 0 Å². The summed E-state index contributed by atoms with van der Waals surface area (Å²) in [5.74, 6) is 3.48. The second-order valence-corrected chi connectivity index (χ2v) is 5.98. The van der Waals surface area contributed by atoms with E-state index in [1.54, 1.807) is 6.33 Å². The Hall–Kier alpha value is -0.970. The van der Waals surface area contributed by atoms with Crippen LogP contribution in [0, 0.1) is 0 Å². The van der Waals surface area contributed by atoms with Crippen molar-refractivity contribution in [3.63, 3.8) is 0 Å². The van der Waals surface area contributed by atoms with Gasteiger partial charge in [0.2, 0.25) is 0 Å². The van der Waals surface area contributed by atoms with Crippen LogP contribution in [0.2, 0.25) is 0 Å². The minimum Gasteiger partial charge on any atom is -0.370 e. The largest absolute Gasteiger partial charge is 0.370 e. The molecule has 19 heavy (non-hydrogen) atoms. The summed E-state index contributed by atoms with van der Waals surface area (Å²) in [5, 5.41) is 6.84. The minimum atomic E-state index is 0.394. The van der Waals surface area contributed by atoms with Gasteiger partial charge in [-0.3, -0.25) is 0 Å². The third-order valence-corrected chi connectivity index (χ3v) is 3.59. The monoisotopic (exact) mass is 282 g/mol. The van der Waals surface area contributed by atoms with Gasteiger partial charge >= 0.3 is 0 Å². The summed E-state index contributed by atoms with van der Waals surface area (Å²) in [7, 11) is 0. The van der Waals surface area contributed by atoms with Gasteiger partial charge in [0.15, 0.2) is 0 Å². The molecule has 0 fully saturated rings. The van der Waals surface area contributed by atoms with Crippen molar-refractivity contribution in [3.05, 3.63) is 11.9 Å². The first-order chi connectivity index (χ1) is 9.10. The molecule has 0 amide bonds. The van der Waals surface area contributed by atoms with Crippen molar-refractivity contribution in [3.8, 4) is 0 Å². The molecule has 0 aliphatic heterocycles. The van der Waals surface area contributed by atoms with Gasteiger partial charge in [-0.25, -0.2) is 9.97 Å². The number of nitrogens with one attached hydrogen (secondary N) is 2. The highest BCUT2D eigenvalue weighted by Crippen LogP contribution is 2.28. The molecule has 0 saturated heterocycles.